The first kappa shape index (κ1) is 17.6. The Morgan fingerprint density at radius 1 is 0.962 bits per heavy atom. The lowest BCUT2D eigenvalue weighted by Gasteiger charge is -2.11. The lowest BCUT2D eigenvalue weighted by atomic mass is 10.1. The Morgan fingerprint density at radius 2 is 1.73 bits per heavy atom. The summed E-state index contributed by atoms with van der Waals surface area (Å²) in [5.41, 5.74) is 5.18. The van der Waals surface area contributed by atoms with Crippen molar-refractivity contribution in [2.75, 3.05) is 10.6 Å². The lowest BCUT2D eigenvalue weighted by molar-refractivity contribution is 0.102. The molecule has 1 heterocycles. The highest BCUT2D eigenvalue weighted by Crippen LogP contribution is 2.19. The Hall–Kier alpha value is -3.21. The minimum atomic E-state index is -0.244. The van der Waals surface area contributed by atoms with E-state index in [1.165, 1.54) is 0 Å². The van der Waals surface area contributed by atoms with E-state index in [4.69, 9.17) is 0 Å². The van der Waals surface area contributed by atoms with Crippen LogP contribution >= 0.6 is 0 Å². The molecule has 3 aromatic rings. The minimum absolute atomic E-state index is 0.244. The average molecular weight is 346 g/mol. The van der Waals surface area contributed by atoms with Crippen molar-refractivity contribution in [3.63, 3.8) is 0 Å². The summed E-state index contributed by atoms with van der Waals surface area (Å²) in [7, 11) is 0. The molecule has 5 heteroatoms. The summed E-state index contributed by atoms with van der Waals surface area (Å²) in [5.74, 6) is 0.201. The van der Waals surface area contributed by atoms with Gasteiger partial charge in [-0.1, -0.05) is 42.5 Å². The fraction of sp³-hybridized carbons (Fsp3) is 0.190. The number of carbonyl (C=O) groups excluding carboxylic acids is 1. The summed E-state index contributed by atoms with van der Waals surface area (Å²) in [6, 6.07) is 17.5. The maximum Gasteiger partial charge on any atom is 0.274 e. The number of rotatable bonds is 5. The van der Waals surface area contributed by atoms with Crippen LogP contribution in [0.1, 0.15) is 32.9 Å². The van der Waals surface area contributed by atoms with E-state index in [0.29, 0.717) is 18.2 Å². The number of benzene rings is 2. The molecule has 0 aliphatic heterocycles. The number of nitrogens with zero attached hydrogens (tertiary/aromatic N) is 2. The van der Waals surface area contributed by atoms with Crippen molar-refractivity contribution in [2.24, 2.45) is 0 Å². The van der Waals surface area contributed by atoms with Gasteiger partial charge in [-0.3, -0.25) is 4.79 Å². The highest BCUT2D eigenvalue weighted by Gasteiger charge is 2.12. The van der Waals surface area contributed by atoms with Gasteiger partial charge in [0.05, 0.1) is 0 Å². The monoisotopic (exact) mass is 346 g/mol. The first-order chi connectivity index (χ1) is 12.5. The number of amides is 1. The Balaban J connectivity index is 1.76. The second-order valence-corrected chi connectivity index (χ2v) is 6.26. The minimum Gasteiger partial charge on any atom is -0.350 e. The van der Waals surface area contributed by atoms with Crippen LogP contribution in [-0.4, -0.2) is 15.9 Å². The van der Waals surface area contributed by atoms with Gasteiger partial charge in [0.2, 0.25) is 5.95 Å². The van der Waals surface area contributed by atoms with Crippen LogP contribution in [0.4, 0.5) is 11.6 Å². The van der Waals surface area contributed by atoms with Crippen LogP contribution in [0.5, 0.6) is 0 Å². The smallest absolute Gasteiger partial charge is 0.274 e. The van der Waals surface area contributed by atoms with Gasteiger partial charge < -0.3 is 10.6 Å². The predicted molar refractivity (Wildman–Crippen MR) is 104 cm³/mol. The van der Waals surface area contributed by atoms with Crippen molar-refractivity contribution in [1.82, 2.24) is 9.97 Å². The zero-order chi connectivity index (χ0) is 18.5. The maximum atomic E-state index is 12.6. The van der Waals surface area contributed by atoms with Crippen molar-refractivity contribution in [3.05, 3.63) is 82.7 Å². The van der Waals surface area contributed by atoms with Gasteiger partial charge in [-0.05, 0) is 49.6 Å². The molecule has 0 bridgehead atoms. The van der Waals surface area contributed by atoms with Gasteiger partial charge in [-0.25, -0.2) is 9.97 Å². The van der Waals surface area contributed by atoms with Crippen LogP contribution in [0.25, 0.3) is 0 Å². The van der Waals surface area contributed by atoms with Crippen LogP contribution in [-0.2, 0) is 6.54 Å². The van der Waals surface area contributed by atoms with Crippen molar-refractivity contribution < 1.29 is 4.79 Å². The third-order valence-corrected chi connectivity index (χ3v) is 4.23. The zero-order valence-corrected chi connectivity index (χ0v) is 15.2. The number of hydrogen-bond donors (Lipinski definition) is 2. The molecular formula is C21H22N4O. The molecule has 5 nitrogen and oxygen atoms in total. The highest BCUT2D eigenvalue weighted by atomic mass is 16.1. The van der Waals surface area contributed by atoms with E-state index in [9.17, 15) is 4.79 Å². The van der Waals surface area contributed by atoms with E-state index >= 15 is 0 Å². The molecule has 0 aliphatic rings. The van der Waals surface area contributed by atoms with E-state index < -0.39 is 0 Å². The molecular weight excluding hydrogens is 324 g/mol. The predicted octanol–water partition coefficient (Wildman–Crippen LogP) is 4.27. The molecule has 3 rings (SSSR count). The third-order valence-electron chi connectivity index (χ3n) is 4.23. The lowest BCUT2D eigenvalue weighted by Crippen LogP contribution is -2.17. The highest BCUT2D eigenvalue weighted by molar-refractivity contribution is 6.03. The average Bonchev–Trinajstić information content (AvgIpc) is 2.64. The number of aromatic nitrogens is 2. The van der Waals surface area contributed by atoms with Crippen LogP contribution in [0.15, 0.2) is 54.6 Å². The van der Waals surface area contributed by atoms with Gasteiger partial charge in [0.15, 0.2) is 0 Å². The van der Waals surface area contributed by atoms with E-state index in [1.807, 2.05) is 69.3 Å². The first-order valence-corrected chi connectivity index (χ1v) is 8.54. The van der Waals surface area contributed by atoms with E-state index in [-0.39, 0.29) is 5.91 Å². The topological polar surface area (TPSA) is 66.9 Å². The van der Waals surface area contributed by atoms with E-state index in [1.54, 1.807) is 6.07 Å². The zero-order valence-electron chi connectivity index (χ0n) is 15.2. The van der Waals surface area contributed by atoms with Gasteiger partial charge >= 0.3 is 0 Å². The van der Waals surface area contributed by atoms with Gasteiger partial charge in [0, 0.05) is 17.9 Å². The Bertz CT molecular complexity index is 923. The number of anilines is 2. The summed E-state index contributed by atoms with van der Waals surface area (Å²) in [6.07, 6.45) is 0. The molecule has 2 aromatic carbocycles. The normalized spacial score (nSPS) is 10.4. The summed E-state index contributed by atoms with van der Waals surface area (Å²) in [5, 5.41) is 6.12. The molecule has 0 radical (unpaired) electrons. The first-order valence-electron chi connectivity index (χ1n) is 8.54. The van der Waals surface area contributed by atoms with Crippen molar-refractivity contribution >= 4 is 17.5 Å². The fourth-order valence-electron chi connectivity index (χ4n) is 2.61. The standard InChI is InChI=1S/C21H22N4O/c1-14-8-7-11-18(16(14)3)24-20(26)19-12-15(2)23-21(25-19)22-13-17-9-5-4-6-10-17/h4-12H,13H2,1-3H3,(H,24,26)(H,22,23,25). The number of aryl methyl sites for hydroxylation is 2. The summed E-state index contributed by atoms with van der Waals surface area (Å²) < 4.78 is 0. The fourth-order valence-corrected chi connectivity index (χ4v) is 2.61. The Kier molecular flexibility index (Phi) is 5.27. The van der Waals surface area contributed by atoms with Crippen LogP contribution in [0.2, 0.25) is 0 Å². The van der Waals surface area contributed by atoms with Gasteiger partial charge in [0.1, 0.15) is 5.69 Å². The maximum absolute atomic E-state index is 12.6. The molecule has 0 saturated carbocycles. The van der Waals surface area contributed by atoms with Crippen molar-refractivity contribution in [1.29, 1.82) is 0 Å². The molecule has 0 aliphatic carbocycles. The Morgan fingerprint density at radius 3 is 2.50 bits per heavy atom. The van der Waals surface area contributed by atoms with E-state index in [0.717, 1.165) is 28.1 Å². The molecule has 0 fully saturated rings. The van der Waals surface area contributed by atoms with E-state index in [2.05, 4.69) is 20.6 Å². The van der Waals surface area contributed by atoms with Gasteiger partial charge in [-0.2, -0.15) is 0 Å². The quantitative estimate of drug-likeness (QED) is 0.724. The Labute approximate surface area is 153 Å². The molecule has 0 unspecified atom stereocenters. The van der Waals surface area contributed by atoms with Crippen LogP contribution in [0, 0.1) is 20.8 Å². The molecule has 1 amide bonds. The third kappa shape index (κ3) is 4.25. The molecule has 0 spiro atoms. The van der Waals surface area contributed by atoms with Crippen molar-refractivity contribution in [2.45, 2.75) is 27.3 Å². The SMILES string of the molecule is Cc1cc(C(=O)Nc2cccc(C)c2C)nc(NCc2ccccc2)n1. The molecule has 132 valence electrons. The molecule has 0 saturated heterocycles. The molecule has 26 heavy (non-hydrogen) atoms. The second kappa shape index (κ2) is 7.78. The summed E-state index contributed by atoms with van der Waals surface area (Å²) >= 11 is 0. The largest absolute Gasteiger partial charge is 0.350 e. The van der Waals surface area contributed by atoms with Gasteiger partial charge in [-0.15, -0.1) is 0 Å². The number of carbonyl (C=O) groups is 1. The number of hydrogen-bond acceptors (Lipinski definition) is 4. The van der Waals surface area contributed by atoms with Crippen molar-refractivity contribution in [3.8, 4) is 0 Å². The number of nitrogens with one attached hydrogen (secondary N) is 2. The summed E-state index contributed by atoms with van der Waals surface area (Å²) in [4.78, 5) is 21.4. The summed E-state index contributed by atoms with van der Waals surface area (Å²) in [6.45, 7) is 6.46. The molecule has 1 aromatic heterocycles. The molecule has 2 N–H and O–H groups in total. The van der Waals surface area contributed by atoms with Crippen LogP contribution < -0.4 is 10.6 Å². The van der Waals surface area contributed by atoms with Gasteiger partial charge in [0.25, 0.3) is 5.91 Å². The van der Waals surface area contributed by atoms with Crippen LogP contribution in [0.3, 0.4) is 0 Å². The second-order valence-electron chi connectivity index (χ2n) is 6.26. The molecule has 0 atom stereocenters.